The lowest BCUT2D eigenvalue weighted by molar-refractivity contribution is 0.170. The molecule has 0 spiro atoms. The molecule has 1 amide bonds. The Morgan fingerprint density at radius 3 is 2.53 bits per heavy atom. The van der Waals surface area contributed by atoms with Gasteiger partial charge in [0.1, 0.15) is 5.75 Å². The summed E-state index contributed by atoms with van der Waals surface area (Å²) in [6, 6.07) is 11.2. The van der Waals surface area contributed by atoms with E-state index in [1.54, 1.807) is 51.4 Å². The maximum Gasteiger partial charge on any atom is 0.528 e. The number of benzene rings is 1. The van der Waals surface area contributed by atoms with E-state index >= 15 is 0 Å². The van der Waals surface area contributed by atoms with Crippen LogP contribution in [0.5, 0.6) is 5.75 Å². The monoisotopic (exact) mass is 411 g/mol. The number of nitrogens with zero attached hydrogens (tertiary/aromatic N) is 5. The van der Waals surface area contributed by atoms with Gasteiger partial charge in [-0.15, -0.1) is 9.97 Å². The minimum Gasteiger partial charge on any atom is -0.380 e. The molecule has 10 nitrogen and oxygen atoms in total. The van der Waals surface area contributed by atoms with E-state index in [-0.39, 0.29) is 16.4 Å². The summed E-state index contributed by atoms with van der Waals surface area (Å²) in [5, 5.41) is 9.95. The molecule has 3 aromatic rings. The molecule has 0 bridgehead atoms. The highest BCUT2D eigenvalue weighted by atomic mass is 16.6. The van der Waals surface area contributed by atoms with Gasteiger partial charge in [0.05, 0.1) is 19.8 Å². The van der Waals surface area contributed by atoms with Gasteiger partial charge in [-0.25, -0.2) is 0 Å². The number of hydrogen-bond acceptors (Lipinski definition) is 9. The Balaban J connectivity index is 1.90. The molecule has 0 fully saturated rings. The van der Waals surface area contributed by atoms with Crippen LogP contribution in [0.2, 0.25) is 0 Å². The molecule has 2 N–H and O–H groups in total. The maximum atomic E-state index is 12.9. The van der Waals surface area contributed by atoms with Crippen LogP contribution in [0.4, 0.5) is 28.5 Å². The molecule has 0 aliphatic carbocycles. The van der Waals surface area contributed by atoms with Crippen LogP contribution in [0.25, 0.3) is 0 Å². The number of aromatic nitrogens is 4. The van der Waals surface area contributed by atoms with Gasteiger partial charge >= 0.3 is 12.0 Å². The fourth-order valence-electron chi connectivity index (χ4n) is 2.31. The molecule has 0 unspecified atom stereocenters. The number of amides is 1. The molecule has 157 valence electrons. The van der Waals surface area contributed by atoms with Crippen LogP contribution in [0.1, 0.15) is 19.5 Å². The van der Waals surface area contributed by atoms with Crippen molar-refractivity contribution in [3.05, 3.63) is 42.1 Å². The number of aryl methyl sites for hydroxylation is 1. The lowest BCUT2D eigenvalue weighted by Gasteiger charge is -2.22. The number of carbonyl (C=O) groups excluding carboxylic acids is 1. The zero-order chi connectivity index (χ0) is 21.7. The summed E-state index contributed by atoms with van der Waals surface area (Å²) in [5.74, 6) is 1.92. The van der Waals surface area contributed by atoms with E-state index in [1.165, 1.54) is 0 Å². The molecule has 1 aromatic carbocycles. The zero-order valence-electron chi connectivity index (χ0n) is 17.6. The Labute approximate surface area is 174 Å². The summed E-state index contributed by atoms with van der Waals surface area (Å²) in [6.07, 6.45) is -0.552. The highest BCUT2D eigenvalue weighted by Gasteiger charge is 2.37. The Bertz CT molecular complexity index is 1000. The Morgan fingerprint density at radius 2 is 1.90 bits per heavy atom. The predicted molar refractivity (Wildman–Crippen MR) is 113 cm³/mol. The molecule has 0 saturated carbocycles. The SMILES string of the molecule is Cc1cc(Nc2nc(NCC(C)C)nc([N+](C)(C)C(=O)Oc3cc[c]cc3)n2)on1. The van der Waals surface area contributed by atoms with Gasteiger partial charge < -0.3 is 14.6 Å². The van der Waals surface area contributed by atoms with Gasteiger partial charge in [0.2, 0.25) is 17.8 Å². The Hall–Kier alpha value is -3.53. The Kier molecular flexibility index (Phi) is 6.26. The first-order valence-corrected chi connectivity index (χ1v) is 9.47. The molecule has 30 heavy (non-hydrogen) atoms. The number of rotatable bonds is 7. The van der Waals surface area contributed by atoms with Gasteiger partial charge in [-0.05, 0) is 31.0 Å². The average molecular weight is 411 g/mol. The van der Waals surface area contributed by atoms with Crippen LogP contribution < -0.4 is 19.9 Å². The Morgan fingerprint density at radius 1 is 1.20 bits per heavy atom. The van der Waals surface area contributed by atoms with Crippen molar-refractivity contribution < 1.29 is 14.1 Å². The summed E-state index contributed by atoms with van der Waals surface area (Å²) in [5.41, 5.74) is 0.713. The van der Waals surface area contributed by atoms with Crippen molar-refractivity contribution >= 4 is 29.8 Å². The second-order valence-corrected chi connectivity index (χ2v) is 7.57. The maximum absolute atomic E-state index is 12.9. The molecule has 1 radical (unpaired) electrons. The van der Waals surface area contributed by atoms with Gasteiger partial charge in [-0.2, -0.15) is 14.3 Å². The molecule has 0 aliphatic rings. The van der Waals surface area contributed by atoms with Crippen LogP contribution in [0.3, 0.4) is 0 Å². The van der Waals surface area contributed by atoms with Gasteiger partial charge in [-0.3, -0.25) is 5.32 Å². The van der Waals surface area contributed by atoms with Crippen molar-refractivity contribution in [1.29, 1.82) is 0 Å². The molecule has 0 aliphatic heterocycles. The second kappa shape index (κ2) is 8.87. The summed E-state index contributed by atoms with van der Waals surface area (Å²) in [7, 11) is 3.28. The van der Waals surface area contributed by atoms with E-state index in [4.69, 9.17) is 9.26 Å². The minimum absolute atomic E-state index is 0.197. The van der Waals surface area contributed by atoms with Gasteiger partial charge in [0.25, 0.3) is 0 Å². The largest absolute Gasteiger partial charge is 0.528 e. The number of carbonyl (C=O) groups is 1. The second-order valence-electron chi connectivity index (χ2n) is 7.57. The van der Waals surface area contributed by atoms with Crippen molar-refractivity contribution in [3.63, 3.8) is 0 Å². The molecular weight excluding hydrogens is 386 g/mol. The fourth-order valence-corrected chi connectivity index (χ4v) is 2.31. The highest BCUT2D eigenvalue weighted by molar-refractivity contribution is 5.81. The number of ether oxygens (including phenoxy) is 1. The minimum atomic E-state index is -0.552. The average Bonchev–Trinajstić information content (AvgIpc) is 3.11. The third kappa shape index (κ3) is 5.29. The van der Waals surface area contributed by atoms with E-state index in [0.717, 1.165) is 0 Å². The van der Waals surface area contributed by atoms with E-state index < -0.39 is 6.09 Å². The topological polar surface area (TPSA) is 115 Å². The van der Waals surface area contributed by atoms with Crippen molar-refractivity contribution in [2.45, 2.75) is 20.8 Å². The van der Waals surface area contributed by atoms with Crippen molar-refractivity contribution in [3.8, 4) is 5.75 Å². The molecule has 2 aromatic heterocycles. The number of anilines is 3. The van der Waals surface area contributed by atoms with Gasteiger partial charge in [0, 0.05) is 12.6 Å². The zero-order valence-corrected chi connectivity index (χ0v) is 17.6. The molecule has 3 rings (SSSR count). The van der Waals surface area contributed by atoms with E-state index in [0.29, 0.717) is 35.7 Å². The summed E-state index contributed by atoms with van der Waals surface area (Å²) < 4.78 is 10.3. The van der Waals surface area contributed by atoms with Crippen LogP contribution in [0, 0.1) is 18.9 Å². The van der Waals surface area contributed by atoms with Crippen molar-refractivity contribution in [2.75, 3.05) is 31.3 Å². The smallest absolute Gasteiger partial charge is 0.380 e. The van der Waals surface area contributed by atoms with Crippen LogP contribution in [0.15, 0.2) is 34.9 Å². The molecule has 0 saturated heterocycles. The predicted octanol–water partition coefficient (Wildman–Crippen LogP) is 3.55. The van der Waals surface area contributed by atoms with E-state index in [9.17, 15) is 4.79 Å². The standard InChI is InChI=1S/C20H25N7O3/c1-13(2)12-21-17-23-18(22-16-11-14(3)26-30-16)25-19(24-17)27(4,5)20(28)29-15-9-7-6-8-10-15/h7-11,13H,12H2,1-5H3,(H2,21,22,23,24,25)/q+1. The molecule has 2 heterocycles. The molecule has 0 atom stereocenters. The van der Waals surface area contributed by atoms with Crippen molar-refractivity contribution in [2.24, 2.45) is 5.92 Å². The van der Waals surface area contributed by atoms with Crippen LogP contribution in [-0.4, -0.2) is 46.8 Å². The number of hydrogen-bond donors (Lipinski definition) is 2. The number of nitrogens with one attached hydrogen (secondary N) is 2. The third-order valence-corrected chi connectivity index (χ3v) is 4.00. The lowest BCUT2D eigenvalue weighted by Crippen LogP contribution is -2.49. The third-order valence-electron chi connectivity index (χ3n) is 4.00. The molecule has 10 heteroatoms. The lowest BCUT2D eigenvalue weighted by atomic mass is 10.2. The summed E-state index contributed by atoms with van der Waals surface area (Å²) in [4.78, 5) is 26.1. The number of quaternary nitrogens is 1. The highest BCUT2D eigenvalue weighted by Crippen LogP contribution is 2.22. The van der Waals surface area contributed by atoms with Crippen LogP contribution in [-0.2, 0) is 0 Å². The molecular formula is C20H25N7O3+. The van der Waals surface area contributed by atoms with Gasteiger partial charge in [-0.1, -0.05) is 31.1 Å². The fraction of sp³-hybridized carbons (Fsp3) is 0.350. The first kappa shape index (κ1) is 21.2. The van der Waals surface area contributed by atoms with Gasteiger partial charge in [0.15, 0.2) is 0 Å². The van der Waals surface area contributed by atoms with E-state index in [1.807, 2.05) is 0 Å². The first-order valence-electron chi connectivity index (χ1n) is 9.47. The summed E-state index contributed by atoms with van der Waals surface area (Å²) >= 11 is 0. The quantitative estimate of drug-likeness (QED) is 0.563. The van der Waals surface area contributed by atoms with Crippen LogP contribution >= 0.6 is 0 Å². The summed E-state index contributed by atoms with van der Waals surface area (Å²) in [6.45, 7) is 6.60. The van der Waals surface area contributed by atoms with Crippen molar-refractivity contribution in [1.82, 2.24) is 24.6 Å². The first-order chi connectivity index (χ1) is 14.2. The normalized spacial score (nSPS) is 11.4. The van der Waals surface area contributed by atoms with E-state index in [2.05, 4.69) is 50.7 Å².